The number of hydrogen-bond acceptors (Lipinski definition) is 9. The Morgan fingerprint density at radius 2 is 1.81 bits per heavy atom. The van der Waals surface area contributed by atoms with Gasteiger partial charge in [-0.25, -0.2) is 0 Å². The zero-order chi connectivity index (χ0) is 15.8. The molecule has 1 saturated heterocycles. The highest BCUT2D eigenvalue weighted by Crippen LogP contribution is 2.36. The molecule has 0 aromatic rings. The van der Waals surface area contributed by atoms with Gasteiger partial charge in [0.15, 0.2) is 11.9 Å². The molecule has 0 amide bonds. The third-order valence-corrected chi connectivity index (χ3v) is 4.02. The molecule has 21 heavy (non-hydrogen) atoms. The predicted octanol–water partition coefficient (Wildman–Crippen LogP) is -3.42. The third kappa shape index (κ3) is 2.77. The smallest absolute Gasteiger partial charge is 0.188 e. The standard InChI is InChI=1S/C12H19NO8/c13-4-12(2-1-5(15)10(12)19)21-11-9(18)8(17)7(16)6(3-14)20-11/h5-11,14-19H,1-3H2/t5-,6-,7-,8+,9-,10-,11+,12+/m1/s1. The quantitative estimate of drug-likeness (QED) is 0.311. The lowest BCUT2D eigenvalue weighted by atomic mass is 9.97. The molecule has 1 aliphatic heterocycles. The highest BCUT2D eigenvalue weighted by Gasteiger charge is 2.54. The van der Waals surface area contributed by atoms with Gasteiger partial charge < -0.3 is 40.1 Å². The van der Waals surface area contributed by atoms with Gasteiger partial charge in [-0.15, -0.1) is 0 Å². The third-order valence-electron chi connectivity index (χ3n) is 4.02. The van der Waals surface area contributed by atoms with Gasteiger partial charge in [-0.05, 0) is 12.8 Å². The van der Waals surface area contributed by atoms with Crippen LogP contribution in [0, 0.1) is 11.3 Å². The summed E-state index contributed by atoms with van der Waals surface area (Å²) < 4.78 is 10.4. The summed E-state index contributed by atoms with van der Waals surface area (Å²) in [5.41, 5.74) is -1.78. The lowest BCUT2D eigenvalue weighted by molar-refractivity contribution is -0.326. The van der Waals surface area contributed by atoms with Crippen molar-refractivity contribution in [2.45, 2.75) is 61.4 Å². The van der Waals surface area contributed by atoms with Crippen LogP contribution in [0.3, 0.4) is 0 Å². The van der Waals surface area contributed by atoms with Crippen molar-refractivity contribution in [3.63, 3.8) is 0 Å². The molecule has 1 aliphatic carbocycles. The number of hydrogen-bond donors (Lipinski definition) is 6. The second kappa shape index (κ2) is 6.12. The highest BCUT2D eigenvalue weighted by atomic mass is 16.7. The normalized spacial score (nSPS) is 50.8. The van der Waals surface area contributed by atoms with Gasteiger partial charge in [-0.1, -0.05) is 0 Å². The average Bonchev–Trinajstić information content (AvgIpc) is 2.77. The molecule has 0 aromatic carbocycles. The molecule has 9 heteroatoms. The van der Waals surface area contributed by atoms with E-state index in [0.717, 1.165) is 0 Å². The van der Waals surface area contributed by atoms with Crippen molar-refractivity contribution < 1.29 is 40.1 Å². The number of nitrogens with zero attached hydrogens (tertiary/aromatic N) is 1. The maximum atomic E-state index is 9.87. The van der Waals surface area contributed by atoms with E-state index in [-0.39, 0.29) is 12.8 Å². The molecular formula is C12H19NO8. The molecular weight excluding hydrogens is 286 g/mol. The minimum absolute atomic E-state index is 0.0147. The highest BCUT2D eigenvalue weighted by molar-refractivity contribution is 5.14. The lowest BCUT2D eigenvalue weighted by Gasteiger charge is -2.42. The zero-order valence-corrected chi connectivity index (χ0v) is 11.1. The first-order chi connectivity index (χ1) is 9.86. The second-order valence-corrected chi connectivity index (χ2v) is 5.37. The molecule has 0 aromatic heterocycles. The molecule has 0 bridgehead atoms. The van der Waals surface area contributed by atoms with Gasteiger partial charge in [-0.2, -0.15) is 5.26 Å². The van der Waals surface area contributed by atoms with E-state index in [1.54, 1.807) is 6.07 Å². The number of aliphatic hydroxyl groups excluding tert-OH is 6. The average molecular weight is 305 g/mol. The van der Waals surface area contributed by atoms with E-state index < -0.39 is 55.1 Å². The monoisotopic (exact) mass is 305 g/mol. The van der Waals surface area contributed by atoms with Crippen molar-refractivity contribution in [1.29, 1.82) is 5.26 Å². The van der Waals surface area contributed by atoms with Crippen LogP contribution in [0.15, 0.2) is 0 Å². The Kier molecular flexibility index (Phi) is 4.82. The van der Waals surface area contributed by atoms with Crippen LogP contribution < -0.4 is 0 Å². The number of rotatable bonds is 3. The van der Waals surface area contributed by atoms with Crippen molar-refractivity contribution in [1.82, 2.24) is 0 Å². The first-order valence-corrected chi connectivity index (χ1v) is 6.62. The minimum atomic E-state index is -1.78. The van der Waals surface area contributed by atoms with E-state index in [1.807, 2.05) is 0 Å². The lowest BCUT2D eigenvalue weighted by Crippen LogP contribution is -2.61. The summed E-state index contributed by atoms with van der Waals surface area (Å²) in [6, 6.07) is 1.75. The molecule has 2 aliphatic rings. The predicted molar refractivity (Wildman–Crippen MR) is 64.4 cm³/mol. The summed E-state index contributed by atoms with van der Waals surface area (Å²) in [5, 5.41) is 66.8. The van der Waals surface area contributed by atoms with Crippen molar-refractivity contribution in [3.05, 3.63) is 0 Å². The number of nitriles is 1. The molecule has 120 valence electrons. The van der Waals surface area contributed by atoms with Gasteiger partial charge in [0.2, 0.25) is 0 Å². The molecule has 2 rings (SSSR count). The fraction of sp³-hybridized carbons (Fsp3) is 0.917. The number of aliphatic hydroxyl groups is 6. The van der Waals surface area contributed by atoms with Crippen molar-refractivity contribution in [2.75, 3.05) is 6.61 Å². The van der Waals surface area contributed by atoms with E-state index >= 15 is 0 Å². The fourth-order valence-corrected chi connectivity index (χ4v) is 2.63. The SMILES string of the molecule is N#C[C@@]1(O[C@@H]2O[C@H](CO)[C@@H](O)[C@H](O)[C@H]2O)CC[C@@H](O)[C@H]1O. The maximum Gasteiger partial charge on any atom is 0.188 e. The summed E-state index contributed by atoms with van der Waals surface area (Å²) >= 11 is 0. The van der Waals surface area contributed by atoms with Gasteiger partial charge in [0.05, 0.1) is 12.7 Å². The van der Waals surface area contributed by atoms with Gasteiger partial charge in [0.1, 0.15) is 36.6 Å². The topological polar surface area (TPSA) is 164 Å². The molecule has 0 spiro atoms. The number of ether oxygens (including phenoxy) is 2. The Hall–Kier alpha value is -0.830. The summed E-state index contributed by atoms with van der Waals surface area (Å²) in [7, 11) is 0. The summed E-state index contributed by atoms with van der Waals surface area (Å²) in [4.78, 5) is 0. The largest absolute Gasteiger partial charge is 0.394 e. The summed E-state index contributed by atoms with van der Waals surface area (Å²) in [6.07, 6.45) is -10.0. The van der Waals surface area contributed by atoms with E-state index in [0.29, 0.717) is 0 Å². The van der Waals surface area contributed by atoms with Crippen LogP contribution in [0.5, 0.6) is 0 Å². The molecule has 2 fully saturated rings. The van der Waals surface area contributed by atoms with Crippen LogP contribution in [0.25, 0.3) is 0 Å². The molecule has 1 saturated carbocycles. The van der Waals surface area contributed by atoms with Crippen LogP contribution in [-0.2, 0) is 9.47 Å². The van der Waals surface area contributed by atoms with Gasteiger partial charge in [0, 0.05) is 0 Å². The van der Waals surface area contributed by atoms with E-state index in [9.17, 15) is 30.8 Å². The second-order valence-electron chi connectivity index (χ2n) is 5.37. The van der Waals surface area contributed by atoms with E-state index in [1.165, 1.54) is 0 Å². The molecule has 0 unspecified atom stereocenters. The van der Waals surface area contributed by atoms with Crippen LogP contribution in [-0.4, -0.2) is 85.8 Å². The van der Waals surface area contributed by atoms with Crippen molar-refractivity contribution in [2.24, 2.45) is 0 Å². The van der Waals surface area contributed by atoms with Gasteiger partial charge in [0.25, 0.3) is 0 Å². The Morgan fingerprint density at radius 3 is 2.29 bits per heavy atom. The van der Waals surface area contributed by atoms with Gasteiger partial charge in [-0.3, -0.25) is 0 Å². The Morgan fingerprint density at radius 1 is 1.14 bits per heavy atom. The Labute approximate surface area is 120 Å². The van der Waals surface area contributed by atoms with E-state index in [4.69, 9.17) is 14.6 Å². The van der Waals surface area contributed by atoms with Gasteiger partial charge >= 0.3 is 0 Å². The zero-order valence-electron chi connectivity index (χ0n) is 11.1. The molecule has 0 radical (unpaired) electrons. The van der Waals surface area contributed by atoms with Crippen molar-refractivity contribution >= 4 is 0 Å². The fourth-order valence-electron chi connectivity index (χ4n) is 2.63. The van der Waals surface area contributed by atoms with Crippen LogP contribution in [0.4, 0.5) is 0 Å². The molecule has 8 atom stereocenters. The summed E-state index contributed by atoms with van der Waals surface area (Å²) in [5.74, 6) is 0. The van der Waals surface area contributed by atoms with Crippen LogP contribution in [0.2, 0.25) is 0 Å². The molecule has 6 N–H and O–H groups in total. The Balaban J connectivity index is 2.16. The van der Waals surface area contributed by atoms with E-state index in [2.05, 4.69) is 0 Å². The van der Waals surface area contributed by atoms with Crippen LogP contribution >= 0.6 is 0 Å². The van der Waals surface area contributed by atoms with Crippen molar-refractivity contribution in [3.8, 4) is 6.07 Å². The molecule has 9 nitrogen and oxygen atoms in total. The van der Waals surface area contributed by atoms with Crippen LogP contribution in [0.1, 0.15) is 12.8 Å². The first kappa shape index (κ1) is 16.5. The minimum Gasteiger partial charge on any atom is -0.394 e. The maximum absolute atomic E-state index is 9.87. The summed E-state index contributed by atoms with van der Waals surface area (Å²) in [6.45, 7) is -0.629. The Bertz CT molecular complexity index is 413. The molecule has 1 heterocycles. The first-order valence-electron chi connectivity index (χ1n) is 6.62.